The molecule has 0 aromatic rings. The second-order valence-corrected chi connectivity index (χ2v) is 9.46. The topological polar surface area (TPSA) is 46.2 Å². The van der Waals surface area contributed by atoms with Crippen molar-refractivity contribution in [1.82, 2.24) is 5.32 Å². The second-order valence-electron chi connectivity index (χ2n) is 7.13. The summed E-state index contributed by atoms with van der Waals surface area (Å²) in [5.41, 5.74) is 0.633. The first-order valence-electron chi connectivity index (χ1n) is 7.95. The quantitative estimate of drug-likeness (QED) is 0.867. The number of hydrogen-bond donors (Lipinski definition) is 1. The van der Waals surface area contributed by atoms with Gasteiger partial charge in [0, 0.05) is 18.3 Å². The average Bonchev–Trinajstić information content (AvgIpc) is 2.72. The Morgan fingerprint density at radius 1 is 0.947 bits per heavy atom. The van der Waals surface area contributed by atoms with E-state index in [0.29, 0.717) is 11.5 Å². The smallest absolute Gasteiger partial charge is 0.150 e. The molecule has 1 N–H and O–H groups in total. The predicted molar refractivity (Wildman–Crippen MR) is 77.9 cm³/mol. The zero-order chi connectivity index (χ0) is 13.5. The molecule has 0 aromatic heterocycles. The van der Waals surface area contributed by atoms with E-state index in [9.17, 15) is 8.42 Å². The van der Waals surface area contributed by atoms with Crippen LogP contribution in [0.3, 0.4) is 0 Å². The van der Waals surface area contributed by atoms with Gasteiger partial charge in [0.15, 0.2) is 0 Å². The van der Waals surface area contributed by atoms with E-state index in [1.807, 2.05) is 0 Å². The van der Waals surface area contributed by atoms with Crippen LogP contribution in [0, 0.1) is 5.41 Å². The Kier molecular flexibility index (Phi) is 3.67. The van der Waals surface area contributed by atoms with Gasteiger partial charge in [0.25, 0.3) is 0 Å². The summed E-state index contributed by atoms with van der Waals surface area (Å²) in [7, 11) is -2.82. The zero-order valence-corrected chi connectivity index (χ0v) is 12.8. The van der Waals surface area contributed by atoms with Crippen molar-refractivity contribution in [1.29, 1.82) is 0 Å². The minimum absolute atomic E-state index is 0.0770. The molecule has 110 valence electrons. The number of sulfone groups is 1. The molecule has 3 nitrogen and oxygen atoms in total. The van der Waals surface area contributed by atoms with Gasteiger partial charge in [-0.1, -0.05) is 12.8 Å². The van der Waals surface area contributed by atoms with Crippen LogP contribution in [0.2, 0.25) is 0 Å². The van der Waals surface area contributed by atoms with Gasteiger partial charge in [-0.15, -0.1) is 0 Å². The van der Waals surface area contributed by atoms with E-state index >= 15 is 0 Å². The first-order valence-corrected chi connectivity index (χ1v) is 9.90. The molecule has 3 saturated carbocycles. The van der Waals surface area contributed by atoms with Crippen LogP contribution in [0.15, 0.2) is 0 Å². The lowest BCUT2D eigenvalue weighted by molar-refractivity contribution is 0.0903. The maximum Gasteiger partial charge on any atom is 0.150 e. The van der Waals surface area contributed by atoms with Crippen LogP contribution >= 0.6 is 0 Å². The van der Waals surface area contributed by atoms with Crippen LogP contribution in [-0.4, -0.2) is 32.0 Å². The van der Waals surface area contributed by atoms with E-state index in [4.69, 9.17) is 0 Å². The lowest BCUT2D eigenvalue weighted by Crippen LogP contribution is -2.50. The Hall–Kier alpha value is -0.0900. The van der Waals surface area contributed by atoms with Gasteiger partial charge >= 0.3 is 0 Å². The minimum Gasteiger partial charge on any atom is -0.311 e. The fraction of sp³-hybridized carbons (Fsp3) is 1.00. The van der Waals surface area contributed by atoms with Gasteiger partial charge in [0.2, 0.25) is 0 Å². The van der Waals surface area contributed by atoms with Crippen molar-refractivity contribution in [3.05, 3.63) is 0 Å². The standard InChI is InChI=1S/C15H27NO2S/c1-19(17,18)13-7-5-12(6-8-13)16-14-4-2-9-15(14)10-3-11-15/h12-14,16H,2-11H2,1H3. The molecule has 19 heavy (non-hydrogen) atoms. The summed E-state index contributed by atoms with van der Waals surface area (Å²) < 4.78 is 23.2. The molecule has 0 amide bonds. The molecular formula is C15H27NO2S. The normalized spacial score (nSPS) is 38.3. The summed E-state index contributed by atoms with van der Waals surface area (Å²) in [6.07, 6.45) is 13.6. The van der Waals surface area contributed by atoms with Gasteiger partial charge in [-0.25, -0.2) is 8.42 Å². The molecule has 1 unspecified atom stereocenters. The van der Waals surface area contributed by atoms with Crippen molar-refractivity contribution >= 4 is 9.84 Å². The molecule has 0 bridgehead atoms. The summed E-state index contributed by atoms with van der Waals surface area (Å²) in [5.74, 6) is 0. The van der Waals surface area contributed by atoms with Gasteiger partial charge in [-0.05, 0) is 56.8 Å². The average molecular weight is 285 g/mol. The zero-order valence-electron chi connectivity index (χ0n) is 12.0. The van der Waals surface area contributed by atoms with Crippen molar-refractivity contribution in [3.63, 3.8) is 0 Å². The van der Waals surface area contributed by atoms with Crippen molar-refractivity contribution in [2.45, 2.75) is 81.5 Å². The number of hydrogen-bond acceptors (Lipinski definition) is 3. The van der Waals surface area contributed by atoms with Crippen molar-refractivity contribution in [2.75, 3.05) is 6.26 Å². The predicted octanol–water partition coefficient (Wildman–Crippen LogP) is 2.65. The van der Waals surface area contributed by atoms with Gasteiger partial charge in [0.1, 0.15) is 9.84 Å². The Morgan fingerprint density at radius 3 is 2.11 bits per heavy atom. The molecule has 3 rings (SSSR count). The van der Waals surface area contributed by atoms with E-state index in [1.54, 1.807) is 0 Å². The van der Waals surface area contributed by atoms with Crippen LogP contribution < -0.4 is 5.32 Å². The summed E-state index contributed by atoms with van der Waals surface area (Å²) in [5, 5.41) is 3.81. The first-order chi connectivity index (χ1) is 9.00. The number of nitrogens with one attached hydrogen (secondary N) is 1. The van der Waals surface area contributed by atoms with E-state index < -0.39 is 9.84 Å². The highest BCUT2D eigenvalue weighted by Crippen LogP contribution is 2.53. The lowest BCUT2D eigenvalue weighted by Gasteiger charge is -2.46. The van der Waals surface area contributed by atoms with Gasteiger partial charge in [-0.2, -0.15) is 0 Å². The molecule has 3 aliphatic rings. The van der Waals surface area contributed by atoms with Crippen LogP contribution in [0.1, 0.15) is 64.2 Å². The third-order valence-corrected chi connectivity index (χ3v) is 7.65. The monoisotopic (exact) mass is 285 g/mol. The molecule has 0 heterocycles. The Balaban J connectivity index is 1.52. The molecule has 1 atom stereocenters. The summed E-state index contributed by atoms with van der Waals surface area (Å²) in [4.78, 5) is 0. The molecule has 4 heteroatoms. The molecule has 0 aromatic carbocycles. The SMILES string of the molecule is CS(=O)(=O)C1CCC(NC2CCCC23CCC3)CC1. The third kappa shape index (κ3) is 2.71. The maximum atomic E-state index is 11.6. The Morgan fingerprint density at radius 2 is 1.58 bits per heavy atom. The highest BCUT2D eigenvalue weighted by molar-refractivity contribution is 7.91. The molecule has 3 aliphatic carbocycles. The highest BCUT2D eigenvalue weighted by Gasteiger charge is 2.47. The molecule has 0 saturated heterocycles. The Labute approximate surface area is 117 Å². The van der Waals surface area contributed by atoms with Crippen molar-refractivity contribution in [3.8, 4) is 0 Å². The molecule has 3 fully saturated rings. The van der Waals surface area contributed by atoms with Crippen molar-refractivity contribution in [2.24, 2.45) is 5.41 Å². The molecule has 0 aliphatic heterocycles. The maximum absolute atomic E-state index is 11.6. The third-order valence-electron chi connectivity index (χ3n) is 5.97. The fourth-order valence-corrected chi connectivity index (χ4v) is 5.70. The van der Waals surface area contributed by atoms with Crippen LogP contribution in [-0.2, 0) is 9.84 Å². The molecule has 0 radical (unpaired) electrons. The number of rotatable bonds is 3. The van der Waals surface area contributed by atoms with Crippen LogP contribution in [0.4, 0.5) is 0 Å². The lowest BCUT2D eigenvalue weighted by atomic mass is 9.65. The minimum atomic E-state index is -2.82. The van der Waals surface area contributed by atoms with E-state index in [-0.39, 0.29) is 5.25 Å². The van der Waals surface area contributed by atoms with E-state index in [1.165, 1.54) is 44.8 Å². The first kappa shape index (κ1) is 13.9. The molecule has 1 spiro atoms. The largest absolute Gasteiger partial charge is 0.311 e. The summed E-state index contributed by atoms with van der Waals surface area (Å²) in [6, 6.07) is 1.29. The van der Waals surface area contributed by atoms with E-state index in [2.05, 4.69) is 5.32 Å². The summed E-state index contributed by atoms with van der Waals surface area (Å²) in [6.45, 7) is 0. The van der Waals surface area contributed by atoms with E-state index in [0.717, 1.165) is 31.7 Å². The molecular weight excluding hydrogens is 258 g/mol. The van der Waals surface area contributed by atoms with Gasteiger partial charge in [0.05, 0.1) is 5.25 Å². The van der Waals surface area contributed by atoms with Crippen molar-refractivity contribution < 1.29 is 8.42 Å². The van der Waals surface area contributed by atoms with Gasteiger partial charge in [-0.3, -0.25) is 0 Å². The van der Waals surface area contributed by atoms with Gasteiger partial charge < -0.3 is 5.32 Å². The highest BCUT2D eigenvalue weighted by atomic mass is 32.2. The van der Waals surface area contributed by atoms with Crippen LogP contribution in [0.5, 0.6) is 0 Å². The Bertz CT molecular complexity index is 419. The fourth-order valence-electron chi connectivity index (χ4n) is 4.57. The summed E-state index contributed by atoms with van der Waals surface area (Å²) >= 11 is 0. The van der Waals surface area contributed by atoms with Crippen LogP contribution in [0.25, 0.3) is 0 Å². The second kappa shape index (κ2) is 5.03.